The van der Waals surface area contributed by atoms with E-state index in [4.69, 9.17) is 14.8 Å². The zero-order chi connectivity index (χ0) is 19.7. The first-order valence-electron chi connectivity index (χ1n) is 9.53. The molecule has 2 heterocycles. The number of nitrogens with zero attached hydrogens (tertiary/aromatic N) is 3. The molecule has 0 radical (unpaired) electrons. The Bertz CT molecular complexity index is 1030. The second-order valence-corrected chi connectivity index (χ2v) is 7.01. The van der Waals surface area contributed by atoms with Crippen molar-refractivity contribution in [2.75, 3.05) is 6.61 Å². The molecule has 8 nitrogen and oxygen atoms in total. The van der Waals surface area contributed by atoms with Gasteiger partial charge in [0.15, 0.2) is 18.3 Å². The molecule has 0 spiro atoms. The van der Waals surface area contributed by atoms with Gasteiger partial charge in [-0.3, -0.25) is 14.6 Å². The predicted molar refractivity (Wildman–Crippen MR) is 103 cm³/mol. The van der Waals surface area contributed by atoms with Gasteiger partial charge in [-0.1, -0.05) is 31.9 Å². The Morgan fingerprint density at radius 1 is 1.32 bits per heavy atom. The highest BCUT2D eigenvalue weighted by Crippen LogP contribution is 2.34. The summed E-state index contributed by atoms with van der Waals surface area (Å²) in [4.78, 5) is 32.4. The summed E-state index contributed by atoms with van der Waals surface area (Å²) in [6.07, 6.45) is 5.17. The first-order valence-corrected chi connectivity index (χ1v) is 9.53. The number of carboxylic acids is 1. The van der Waals surface area contributed by atoms with E-state index < -0.39 is 12.6 Å². The van der Waals surface area contributed by atoms with Crippen LogP contribution in [-0.4, -0.2) is 37.4 Å². The van der Waals surface area contributed by atoms with Crippen LogP contribution in [0.3, 0.4) is 0 Å². The van der Waals surface area contributed by atoms with Crippen LogP contribution in [0, 0.1) is 0 Å². The van der Waals surface area contributed by atoms with Gasteiger partial charge in [0.1, 0.15) is 11.3 Å². The number of aliphatic carboxylic acids is 1. The second kappa shape index (κ2) is 7.46. The van der Waals surface area contributed by atoms with E-state index in [0.29, 0.717) is 41.0 Å². The molecular weight excluding hydrogens is 360 g/mol. The van der Waals surface area contributed by atoms with Crippen LogP contribution in [0.25, 0.3) is 22.8 Å². The number of carboxylic acid groups (broad SMARTS) is 1. The summed E-state index contributed by atoms with van der Waals surface area (Å²) in [6.45, 7) is 1.57. The third kappa shape index (κ3) is 3.37. The summed E-state index contributed by atoms with van der Waals surface area (Å²) < 4.78 is 7.26. The fourth-order valence-electron chi connectivity index (χ4n) is 3.80. The van der Waals surface area contributed by atoms with Crippen LogP contribution in [0.1, 0.15) is 44.3 Å². The van der Waals surface area contributed by atoms with Crippen molar-refractivity contribution < 1.29 is 14.6 Å². The standard InChI is InChI=1S/C20H22N4O4/c1-2-15-17-19(24(23-15)13-7-3-4-8-13)21-18(22-20(17)27)12-6-5-9-14(10-12)28-11-16(25)26/h5-6,9-10,13,23H,2-4,7-8,11H2,1H3,(H,25,26). The molecule has 146 valence electrons. The van der Waals surface area contributed by atoms with Gasteiger partial charge >= 0.3 is 5.97 Å². The predicted octanol–water partition coefficient (Wildman–Crippen LogP) is 2.88. The maximum absolute atomic E-state index is 12.8. The summed E-state index contributed by atoms with van der Waals surface area (Å²) in [5.74, 6) is 0.284. The highest BCUT2D eigenvalue weighted by molar-refractivity contribution is 5.69. The number of aryl methyl sites for hydroxylation is 1. The lowest BCUT2D eigenvalue weighted by Crippen LogP contribution is -2.17. The average molecular weight is 382 g/mol. The van der Waals surface area contributed by atoms with Crippen molar-refractivity contribution >= 4 is 5.97 Å². The van der Waals surface area contributed by atoms with Crippen LogP contribution in [0.5, 0.6) is 5.75 Å². The number of rotatable bonds is 6. The smallest absolute Gasteiger partial charge is 0.341 e. The number of benzene rings is 1. The first-order chi connectivity index (χ1) is 13.6. The number of carbonyl (C=O) groups is 1. The molecule has 0 saturated heterocycles. The van der Waals surface area contributed by atoms with E-state index in [0.717, 1.165) is 18.5 Å². The molecule has 0 bridgehead atoms. The molecule has 0 atom stereocenters. The largest absolute Gasteiger partial charge is 0.482 e. The third-order valence-electron chi connectivity index (χ3n) is 5.14. The van der Waals surface area contributed by atoms with E-state index in [1.54, 1.807) is 24.3 Å². The molecular formula is C20H22N4O4. The number of hydrogen-bond acceptors (Lipinski definition) is 5. The van der Waals surface area contributed by atoms with E-state index >= 15 is 0 Å². The maximum atomic E-state index is 12.8. The lowest BCUT2D eigenvalue weighted by molar-refractivity contribution is -0.139. The van der Waals surface area contributed by atoms with Gasteiger partial charge in [-0.15, -0.1) is 0 Å². The molecule has 1 aromatic rings. The van der Waals surface area contributed by atoms with E-state index in [-0.39, 0.29) is 5.56 Å². The van der Waals surface area contributed by atoms with Crippen LogP contribution >= 0.6 is 0 Å². The zero-order valence-electron chi connectivity index (χ0n) is 15.6. The third-order valence-corrected chi connectivity index (χ3v) is 5.14. The first kappa shape index (κ1) is 18.2. The number of fused-ring (bicyclic) bond motifs is 1. The van der Waals surface area contributed by atoms with E-state index in [2.05, 4.69) is 10.1 Å². The average Bonchev–Trinajstić information content (AvgIpc) is 3.34. The van der Waals surface area contributed by atoms with Crippen molar-refractivity contribution in [1.82, 2.24) is 19.7 Å². The number of ether oxygens (including phenoxy) is 1. The summed E-state index contributed by atoms with van der Waals surface area (Å²) in [5.41, 5.74) is 1.72. The van der Waals surface area contributed by atoms with Gasteiger partial charge < -0.3 is 9.84 Å². The minimum atomic E-state index is -1.05. The van der Waals surface area contributed by atoms with Crippen molar-refractivity contribution in [1.29, 1.82) is 0 Å². The zero-order valence-corrected chi connectivity index (χ0v) is 15.6. The molecule has 28 heavy (non-hydrogen) atoms. The summed E-state index contributed by atoms with van der Waals surface area (Å²) in [7, 11) is 0. The molecule has 8 heteroatoms. The minimum absolute atomic E-state index is 0.304. The van der Waals surface area contributed by atoms with Crippen molar-refractivity contribution in [2.24, 2.45) is 0 Å². The van der Waals surface area contributed by atoms with Gasteiger partial charge in [0.2, 0.25) is 0 Å². The van der Waals surface area contributed by atoms with Crippen LogP contribution in [0.2, 0.25) is 0 Å². The fourth-order valence-corrected chi connectivity index (χ4v) is 3.80. The van der Waals surface area contributed by atoms with Crippen LogP contribution in [0.15, 0.2) is 29.1 Å². The van der Waals surface area contributed by atoms with Crippen LogP contribution in [-0.2, 0) is 11.2 Å². The molecule has 1 aliphatic carbocycles. The summed E-state index contributed by atoms with van der Waals surface area (Å²) in [6, 6.07) is 7.13. The molecule has 0 amide bonds. The molecule has 4 rings (SSSR count). The van der Waals surface area contributed by atoms with Crippen molar-refractivity contribution in [3.8, 4) is 28.5 Å². The van der Waals surface area contributed by atoms with Gasteiger partial charge in [-0.25, -0.2) is 9.78 Å². The Labute approximate surface area is 161 Å². The highest BCUT2D eigenvalue weighted by atomic mass is 16.5. The van der Waals surface area contributed by atoms with Gasteiger partial charge in [-0.2, -0.15) is 4.98 Å². The Kier molecular flexibility index (Phi) is 4.85. The van der Waals surface area contributed by atoms with Crippen LogP contribution in [0.4, 0.5) is 0 Å². The Balaban J connectivity index is 1.79. The van der Waals surface area contributed by atoms with E-state index in [1.165, 1.54) is 12.8 Å². The van der Waals surface area contributed by atoms with Gasteiger partial charge in [0.25, 0.3) is 5.56 Å². The van der Waals surface area contributed by atoms with Crippen molar-refractivity contribution in [3.63, 3.8) is 0 Å². The minimum Gasteiger partial charge on any atom is -0.482 e. The second-order valence-electron chi connectivity index (χ2n) is 7.01. The van der Waals surface area contributed by atoms with Gasteiger partial charge in [0.05, 0.1) is 6.04 Å². The van der Waals surface area contributed by atoms with Gasteiger partial charge in [0, 0.05) is 11.3 Å². The molecule has 0 aromatic heterocycles. The van der Waals surface area contributed by atoms with Crippen LogP contribution < -0.4 is 10.3 Å². The van der Waals surface area contributed by atoms with Crippen molar-refractivity contribution in [3.05, 3.63) is 40.3 Å². The molecule has 1 fully saturated rings. The Morgan fingerprint density at radius 3 is 2.82 bits per heavy atom. The fraction of sp³-hybridized carbons (Fsp3) is 0.400. The summed E-state index contributed by atoms with van der Waals surface area (Å²) >= 11 is 0. The molecule has 3 aliphatic rings. The molecule has 0 unspecified atom stereocenters. The number of H-pyrrole nitrogens is 1. The van der Waals surface area contributed by atoms with E-state index in [1.807, 2.05) is 11.6 Å². The Hall–Kier alpha value is -3.16. The maximum Gasteiger partial charge on any atom is 0.341 e. The normalized spacial score (nSPS) is 14.6. The lowest BCUT2D eigenvalue weighted by atomic mass is 10.1. The number of hydrogen-bond donors (Lipinski definition) is 2. The van der Waals surface area contributed by atoms with E-state index in [9.17, 15) is 9.59 Å². The van der Waals surface area contributed by atoms with Crippen molar-refractivity contribution in [2.45, 2.75) is 45.1 Å². The topological polar surface area (TPSA) is 110 Å². The van der Waals surface area contributed by atoms with Gasteiger partial charge in [-0.05, 0) is 31.4 Å². The number of nitrogens with one attached hydrogen (secondary N) is 1. The number of aromatic amines is 1. The highest BCUT2D eigenvalue weighted by Gasteiger charge is 2.27. The summed E-state index contributed by atoms with van der Waals surface area (Å²) in [5, 5.41) is 12.1. The monoisotopic (exact) mass is 382 g/mol. The number of aromatic nitrogens is 4. The molecule has 1 aromatic carbocycles. The quantitative estimate of drug-likeness (QED) is 0.678. The molecule has 1 saturated carbocycles. The molecule has 2 N–H and O–H groups in total. The lowest BCUT2D eigenvalue weighted by Gasteiger charge is -2.14. The SMILES string of the molecule is CCc1[nH]n(C2CCCC2)c2nc(-c3cccc(OCC(=O)O)c3)nc(=O)c1-2. The Morgan fingerprint density at radius 2 is 2.11 bits per heavy atom. The molecule has 2 aliphatic heterocycles.